The van der Waals surface area contributed by atoms with Gasteiger partial charge in [0.2, 0.25) is 0 Å². The maximum absolute atomic E-state index is 12.4. The van der Waals surface area contributed by atoms with Crippen LogP contribution in [0.5, 0.6) is 5.75 Å². The number of aliphatic hydroxyl groups is 4. The number of alkyl halides is 3. The summed E-state index contributed by atoms with van der Waals surface area (Å²) in [5.41, 5.74) is -4.06. The minimum Gasteiger partial charge on any atom is -0.394 e. The fourth-order valence-corrected chi connectivity index (χ4v) is 3.98. The summed E-state index contributed by atoms with van der Waals surface area (Å²) in [5, 5.41) is 39.9. The Bertz CT molecular complexity index is 1080. The van der Waals surface area contributed by atoms with Gasteiger partial charge in [-0.2, -0.15) is 21.6 Å². The summed E-state index contributed by atoms with van der Waals surface area (Å²) in [4.78, 5) is 0. The second-order valence-electron chi connectivity index (χ2n) is 7.40. The normalized spacial score (nSPS) is 26.2. The molecule has 4 N–H and O–H groups in total. The molecule has 1 aliphatic heterocycles. The highest BCUT2D eigenvalue weighted by Crippen LogP contribution is 2.34. The van der Waals surface area contributed by atoms with E-state index in [1.165, 1.54) is 24.3 Å². The van der Waals surface area contributed by atoms with Crippen molar-refractivity contribution in [1.82, 2.24) is 0 Å². The van der Waals surface area contributed by atoms with Crippen molar-refractivity contribution in [3.05, 3.63) is 64.2 Å². The Hall–Kier alpha value is -1.93. The van der Waals surface area contributed by atoms with Gasteiger partial charge in [0.1, 0.15) is 36.3 Å². The lowest BCUT2D eigenvalue weighted by atomic mass is 9.90. The summed E-state index contributed by atoms with van der Waals surface area (Å²) in [6.45, 7) is -0.583. The van der Waals surface area contributed by atoms with E-state index in [4.69, 9.17) is 16.3 Å². The van der Waals surface area contributed by atoms with Crippen LogP contribution < -0.4 is 4.18 Å². The van der Waals surface area contributed by atoms with Gasteiger partial charge in [0.05, 0.1) is 6.61 Å². The third-order valence-corrected chi connectivity index (χ3v) is 6.45. The molecular formula is C20H20ClF3O8S. The maximum Gasteiger partial charge on any atom is 0.534 e. The first-order valence-electron chi connectivity index (χ1n) is 9.52. The van der Waals surface area contributed by atoms with E-state index in [0.717, 1.165) is 12.1 Å². The van der Waals surface area contributed by atoms with Crippen molar-refractivity contribution < 1.29 is 50.9 Å². The van der Waals surface area contributed by atoms with E-state index in [1.807, 2.05) is 0 Å². The molecule has 0 amide bonds. The van der Waals surface area contributed by atoms with Crippen LogP contribution in [0, 0.1) is 0 Å². The molecule has 13 heteroatoms. The number of halogens is 4. The third kappa shape index (κ3) is 5.60. The van der Waals surface area contributed by atoms with Crippen molar-refractivity contribution >= 4 is 21.7 Å². The van der Waals surface area contributed by atoms with Gasteiger partial charge in [-0.3, -0.25) is 0 Å². The molecule has 3 rings (SSSR count). The number of rotatable bonds is 6. The van der Waals surface area contributed by atoms with Gasteiger partial charge in [0, 0.05) is 5.02 Å². The molecule has 1 unspecified atom stereocenters. The molecular weight excluding hydrogens is 493 g/mol. The van der Waals surface area contributed by atoms with Crippen LogP contribution in [0.15, 0.2) is 42.5 Å². The zero-order valence-corrected chi connectivity index (χ0v) is 18.3. The van der Waals surface area contributed by atoms with Crippen LogP contribution in [-0.4, -0.2) is 65.4 Å². The van der Waals surface area contributed by atoms with Crippen LogP contribution in [0.3, 0.4) is 0 Å². The van der Waals surface area contributed by atoms with Gasteiger partial charge >= 0.3 is 15.6 Å². The maximum atomic E-state index is 12.4. The number of hydrogen-bond acceptors (Lipinski definition) is 8. The van der Waals surface area contributed by atoms with Gasteiger partial charge in [0.15, 0.2) is 0 Å². The molecule has 1 fully saturated rings. The van der Waals surface area contributed by atoms with Crippen molar-refractivity contribution in [1.29, 1.82) is 0 Å². The Kier molecular flexibility index (Phi) is 7.58. The number of ether oxygens (including phenoxy) is 1. The molecule has 2 aromatic rings. The molecule has 0 saturated carbocycles. The molecule has 2 aromatic carbocycles. The van der Waals surface area contributed by atoms with E-state index >= 15 is 0 Å². The van der Waals surface area contributed by atoms with Gasteiger partial charge in [-0.15, -0.1) is 0 Å². The first kappa shape index (κ1) is 25.7. The van der Waals surface area contributed by atoms with E-state index in [9.17, 15) is 42.0 Å². The fourth-order valence-electron chi connectivity index (χ4n) is 3.34. The Morgan fingerprint density at radius 3 is 2.21 bits per heavy atom. The SMILES string of the molecule is O=S(=O)(Oc1ccc(Cc2cc([C@@H]3O[C@H](CO)[C@@H](O)C(O)[C@H]3O)ccc2Cl)cc1)C(F)(F)F. The minimum absolute atomic E-state index is 0.177. The van der Waals surface area contributed by atoms with Crippen LogP contribution in [0.25, 0.3) is 0 Å². The Balaban J connectivity index is 1.79. The van der Waals surface area contributed by atoms with Gasteiger partial charge in [-0.25, -0.2) is 0 Å². The molecule has 0 aromatic heterocycles. The van der Waals surface area contributed by atoms with Crippen molar-refractivity contribution in [2.45, 2.75) is 42.4 Å². The van der Waals surface area contributed by atoms with Gasteiger partial charge in [0.25, 0.3) is 0 Å². The standard InChI is InChI=1S/C20H20ClF3O8S/c21-14-6-3-11(19-18(28)17(27)16(26)15(9-25)31-19)8-12(14)7-10-1-4-13(5-2-10)32-33(29,30)20(22,23)24/h1-6,8,15-19,25-28H,7,9H2/t15-,16-,17?,18-,19+/m1/s1. The molecule has 5 atom stereocenters. The zero-order valence-electron chi connectivity index (χ0n) is 16.7. The molecule has 33 heavy (non-hydrogen) atoms. The molecule has 1 aliphatic rings. The molecule has 182 valence electrons. The summed E-state index contributed by atoms with van der Waals surface area (Å²) < 4.78 is 69.1. The van der Waals surface area contributed by atoms with Crippen LogP contribution >= 0.6 is 11.6 Å². The predicted molar refractivity (Wildman–Crippen MR) is 109 cm³/mol. The number of benzene rings is 2. The van der Waals surface area contributed by atoms with Crippen molar-refractivity contribution in [2.24, 2.45) is 0 Å². The van der Waals surface area contributed by atoms with Crippen LogP contribution in [0.4, 0.5) is 13.2 Å². The summed E-state index contributed by atoms with van der Waals surface area (Å²) in [6, 6.07) is 9.48. The van der Waals surface area contributed by atoms with Gasteiger partial charge in [-0.05, 0) is 41.3 Å². The average molecular weight is 513 g/mol. The number of aliphatic hydroxyl groups excluding tert-OH is 4. The lowest BCUT2D eigenvalue weighted by molar-refractivity contribution is -0.231. The smallest absolute Gasteiger partial charge is 0.394 e. The first-order valence-corrected chi connectivity index (χ1v) is 11.3. The van der Waals surface area contributed by atoms with Gasteiger partial charge in [-0.1, -0.05) is 35.9 Å². The van der Waals surface area contributed by atoms with Crippen LogP contribution in [0.1, 0.15) is 22.8 Å². The predicted octanol–water partition coefficient (Wildman–Crippen LogP) is 1.67. The quantitative estimate of drug-likeness (QED) is 0.339. The summed E-state index contributed by atoms with van der Waals surface area (Å²) >= 11 is 6.24. The van der Waals surface area contributed by atoms with Crippen LogP contribution in [0.2, 0.25) is 5.02 Å². The second kappa shape index (κ2) is 9.74. The lowest BCUT2D eigenvalue weighted by Crippen LogP contribution is -2.55. The minimum atomic E-state index is -5.78. The Morgan fingerprint density at radius 2 is 1.64 bits per heavy atom. The highest BCUT2D eigenvalue weighted by Gasteiger charge is 2.48. The van der Waals surface area contributed by atoms with Crippen molar-refractivity contribution in [3.8, 4) is 5.75 Å². The number of hydrogen-bond donors (Lipinski definition) is 4. The molecule has 0 radical (unpaired) electrons. The topological polar surface area (TPSA) is 134 Å². The molecule has 1 saturated heterocycles. The molecule has 1 heterocycles. The Morgan fingerprint density at radius 1 is 1.00 bits per heavy atom. The largest absolute Gasteiger partial charge is 0.534 e. The second-order valence-corrected chi connectivity index (χ2v) is 9.35. The highest BCUT2D eigenvalue weighted by molar-refractivity contribution is 7.88. The highest BCUT2D eigenvalue weighted by atomic mass is 35.5. The monoisotopic (exact) mass is 512 g/mol. The molecule has 0 spiro atoms. The lowest BCUT2D eigenvalue weighted by Gasteiger charge is -2.40. The molecule has 8 nitrogen and oxygen atoms in total. The van der Waals surface area contributed by atoms with E-state index in [2.05, 4.69) is 4.18 Å². The van der Waals surface area contributed by atoms with Crippen molar-refractivity contribution in [2.75, 3.05) is 6.61 Å². The van der Waals surface area contributed by atoms with E-state index in [1.54, 1.807) is 6.07 Å². The fraction of sp³-hybridized carbons (Fsp3) is 0.400. The Labute approximate surface area is 191 Å². The first-order chi connectivity index (χ1) is 15.3. The summed E-state index contributed by atoms with van der Waals surface area (Å²) in [5.74, 6) is -0.516. The van der Waals surface area contributed by atoms with E-state index in [0.29, 0.717) is 21.7 Å². The summed E-state index contributed by atoms with van der Waals surface area (Å²) in [6.07, 6.45) is -6.52. The van der Waals surface area contributed by atoms with E-state index < -0.39 is 58.5 Å². The molecule has 0 aliphatic carbocycles. The van der Waals surface area contributed by atoms with Crippen LogP contribution in [-0.2, 0) is 21.3 Å². The zero-order chi connectivity index (χ0) is 24.6. The van der Waals surface area contributed by atoms with E-state index in [-0.39, 0.29) is 6.42 Å². The third-order valence-electron chi connectivity index (χ3n) is 5.10. The summed E-state index contributed by atoms with van der Waals surface area (Å²) in [7, 11) is -5.78. The molecule has 0 bridgehead atoms. The van der Waals surface area contributed by atoms with Crippen molar-refractivity contribution in [3.63, 3.8) is 0 Å². The van der Waals surface area contributed by atoms with Gasteiger partial charge < -0.3 is 29.3 Å². The average Bonchev–Trinajstić information content (AvgIpc) is 2.74.